The molecule has 144 valence electrons. The van der Waals surface area contributed by atoms with E-state index in [9.17, 15) is 9.18 Å². The lowest BCUT2D eigenvalue weighted by atomic mass is 10.0. The van der Waals surface area contributed by atoms with Crippen molar-refractivity contribution in [3.8, 4) is 0 Å². The van der Waals surface area contributed by atoms with E-state index in [1.165, 1.54) is 29.8 Å². The van der Waals surface area contributed by atoms with Crippen LogP contribution >= 0.6 is 0 Å². The Morgan fingerprint density at radius 1 is 1.11 bits per heavy atom. The molecular weight excluding hydrogens is 355 g/mol. The number of piperidine rings is 1. The Bertz CT molecular complexity index is 1020. The van der Waals surface area contributed by atoms with Crippen molar-refractivity contribution in [1.82, 2.24) is 4.90 Å². The van der Waals surface area contributed by atoms with E-state index in [0.29, 0.717) is 16.7 Å². The standard InChI is InChI=1S/C23H23FN2O2/c24-18-8-9-22-20(15-18)21(16-23(27)28-22)25-19-10-13-26(14-11-19)12-4-7-17-5-2-1-3-6-17/h1-9,15-16,19,25H,10-14H2. The van der Waals surface area contributed by atoms with Gasteiger partial charge in [0.25, 0.3) is 0 Å². The predicted octanol–water partition coefficient (Wildman–Crippen LogP) is 4.52. The molecule has 0 amide bonds. The Labute approximate surface area is 163 Å². The number of hydrogen-bond acceptors (Lipinski definition) is 4. The lowest BCUT2D eigenvalue weighted by Gasteiger charge is -2.32. The third-order valence-electron chi connectivity index (χ3n) is 5.13. The summed E-state index contributed by atoms with van der Waals surface area (Å²) in [5, 5.41) is 4.03. The fourth-order valence-corrected chi connectivity index (χ4v) is 3.64. The van der Waals surface area contributed by atoms with Gasteiger partial charge >= 0.3 is 5.63 Å². The van der Waals surface area contributed by atoms with Gasteiger partial charge in [-0.3, -0.25) is 4.90 Å². The Balaban J connectivity index is 1.36. The molecule has 0 radical (unpaired) electrons. The first-order chi connectivity index (χ1) is 13.7. The quantitative estimate of drug-likeness (QED) is 0.663. The first kappa shape index (κ1) is 18.4. The molecule has 0 unspecified atom stereocenters. The highest BCUT2D eigenvalue weighted by Gasteiger charge is 2.19. The second-order valence-corrected chi connectivity index (χ2v) is 7.15. The number of benzene rings is 2. The maximum Gasteiger partial charge on any atom is 0.338 e. The largest absolute Gasteiger partial charge is 0.423 e. The molecule has 1 aliphatic heterocycles. The number of nitrogens with zero attached hydrogens (tertiary/aromatic N) is 1. The van der Waals surface area contributed by atoms with Crippen LogP contribution < -0.4 is 10.9 Å². The van der Waals surface area contributed by atoms with Crippen molar-refractivity contribution >= 4 is 22.7 Å². The van der Waals surface area contributed by atoms with Gasteiger partial charge < -0.3 is 9.73 Å². The van der Waals surface area contributed by atoms with Crippen molar-refractivity contribution in [2.24, 2.45) is 0 Å². The van der Waals surface area contributed by atoms with E-state index >= 15 is 0 Å². The average molecular weight is 378 g/mol. The second kappa shape index (κ2) is 8.40. The van der Waals surface area contributed by atoms with Crippen LogP contribution in [-0.2, 0) is 0 Å². The van der Waals surface area contributed by atoms with Gasteiger partial charge in [-0.25, -0.2) is 9.18 Å². The van der Waals surface area contributed by atoms with Gasteiger partial charge in [-0.05, 0) is 36.6 Å². The molecule has 1 aliphatic rings. The zero-order valence-corrected chi connectivity index (χ0v) is 15.6. The first-order valence-corrected chi connectivity index (χ1v) is 9.61. The van der Waals surface area contributed by atoms with Crippen molar-refractivity contribution in [2.75, 3.05) is 25.0 Å². The van der Waals surface area contributed by atoms with E-state index < -0.39 is 5.63 Å². The Morgan fingerprint density at radius 2 is 1.89 bits per heavy atom. The third kappa shape index (κ3) is 4.49. The van der Waals surface area contributed by atoms with Gasteiger partial charge in [-0.2, -0.15) is 0 Å². The van der Waals surface area contributed by atoms with Gasteiger partial charge in [0.2, 0.25) is 0 Å². The molecule has 28 heavy (non-hydrogen) atoms. The number of fused-ring (bicyclic) bond motifs is 1. The van der Waals surface area contributed by atoms with Crippen LogP contribution in [0.2, 0.25) is 0 Å². The first-order valence-electron chi connectivity index (χ1n) is 9.61. The van der Waals surface area contributed by atoms with Crippen molar-refractivity contribution < 1.29 is 8.81 Å². The predicted molar refractivity (Wildman–Crippen MR) is 111 cm³/mol. The summed E-state index contributed by atoms with van der Waals surface area (Å²) in [6.45, 7) is 2.87. The maximum absolute atomic E-state index is 13.6. The minimum atomic E-state index is -0.426. The molecule has 1 aromatic heterocycles. The molecule has 2 aromatic carbocycles. The summed E-state index contributed by atoms with van der Waals surface area (Å²) in [5.41, 5.74) is 1.83. The van der Waals surface area contributed by atoms with Crippen LogP contribution in [0.25, 0.3) is 17.0 Å². The molecule has 1 fully saturated rings. The summed E-state index contributed by atoms with van der Waals surface area (Å²) in [6, 6.07) is 16.2. The number of halogens is 1. The molecule has 0 atom stereocenters. The van der Waals surface area contributed by atoms with Gasteiger partial charge in [0.15, 0.2) is 0 Å². The van der Waals surface area contributed by atoms with Gasteiger partial charge in [-0.1, -0.05) is 42.5 Å². The smallest absolute Gasteiger partial charge is 0.338 e. The molecule has 0 aliphatic carbocycles. The van der Waals surface area contributed by atoms with E-state index in [1.54, 1.807) is 0 Å². The molecule has 4 rings (SSSR count). The normalized spacial score (nSPS) is 16.0. The minimum absolute atomic E-state index is 0.252. The van der Waals surface area contributed by atoms with Crippen molar-refractivity contribution in [2.45, 2.75) is 18.9 Å². The maximum atomic E-state index is 13.6. The summed E-state index contributed by atoms with van der Waals surface area (Å²) in [4.78, 5) is 14.2. The van der Waals surface area contributed by atoms with Crippen LogP contribution in [0.3, 0.4) is 0 Å². The Hall–Kier alpha value is -2.92. The molecule has 1 saturated heterocycles. The highest BCUT2D eigenvalue weighted by atomic mass is 19.1. The molecule has 2 heterocycles. The topological polar surface area (TPSA) is 45.5 Å². The molecule has 0 saturated carbocycles. The van der Waals surface area contributed by atoms with E-state index in [0.717, 1.165) is 32.5 Å². The summed E-state index contributed by atoms with van der Waals surface area (Å²) < 4.78 is 18.8. The number of likely N-dealkylation sites (tertiary alicyclic amines) is 1. The van der Waals surface area contributed by atoms with E-state index in [1.807, 2.05) is 18.2 Å². The SMILES string of the molecule is O=c1cc(NC2CCN(CC=Cc3ccccc3)CC2)c2cc(F)ccc2o1. The van der Waals surface area contributed by atoms with Crippen LogP contribution in [0.5, 0.6) is 0 Å². The monoisotopic (exact) mass is 378 g/mol. The highest BCUT2D eigenvalue weighted by molar-refractivity contribution is 5.89. The molecule has 0 bridgehead atoms. The number of rotatable bonds is 5. The Kier molecular flexibility index (Phi) is 5.53. The molecule has 3 aromatic rings. The van der Waals surface area contributed by atoms with Crippen molar-refractivity contribution in [3.05, 3.63) is 82.5 Å². The van der Waals surface area contributed by atoms with Crippen LogP contribution in [0.15, 0.2) is 69.9 Å². The van der Waals surface area contributed by atoms with Gasteiger partial charge in [0.1, 0.15) is 11.4 Å². The molecule has 4 nitrogen and oxygen atoms in total. The van der Waals surface area contributed by atoms with Crippen molar-refractivity contribution in [1.29, 1.82) is 0 Å². The average Bonchev–Trinajstić information content (AvgIpc) is 2.71. The van der Waals surface area contributed by atoms with Gasteiger partial charge in [0.05, 0.1) is 5.69 Å². The zero-order valence-electron chi connectivity index (χ0n) is 15.6. The Morgan fingerprint density at radius 3 is 2.68 bits per heavy atom. The van der Waals surface area contributed by atoms with Crippen LogP contribution in [0.1, 0.15) is 18.4 Å². The molecule has 5 heteroatoms. The fourth-order valence-electron chi connectivity index (χ4n) is 3.64. The van der Waals surface area contributed by atoms with Crippen LogP contribution in [-0.4, -0.2) is 30.6 Å². The lowest BCUT2D eigenvalue weighted by molar-refractivity contribution is 0.240. The summed E-state index contributed by atoms with van der Waals surface area (Å²) >= 11 is 0. The number of hydrogen-bond donors (Lipinski definition) is 1. The van der Waals surface area contributed by atoms with E-state index in [-0.39, 0.29) is 11.9 Å². The fraction of sp³-hybridized carbons (Fsp3) is 0.261. The van der Waals surface area contributed by atoms with Gasteiger partial charge in [-0.15, -0.1) is 0 Å². The summed E-state index contributed by atoms with van der Waals surface area (Å²) in [7, 11) is 0. The van der Waals surface area contributed by atoms with E-state index in [4.69, 9.17) is 4.42 Å². The minimum Gasteiger partial charge on any atom is -0.423 e. The second-order valence-electron chi connectivity index (χ2n) is 7.15. The zero-order chi connectivity index (χ0) is 19.3. The molecule has 0 spiro atoms. The highest BCUT2D eigenvalue weighted by Crippen LogP contribution is 2.25. The van der Waals surface area contributed by atoms with Crippen LogP contribution in [0, 0.1) is 5.82 Å². The lowest BCUT2D eigenvalue weighted by Crippen LogP contribution is -2.39. The molecule has 1 N–H and O–H groups in total. The summed E-state index contributed by atoms with van der Waals surface area (Å²) in [5.74, 6) is -0.343. The number of anilines is 1. The van der Waals surface area contributed by atoms with Crippen molar-refractivity contribution in [3.63, 3.8) is 0 Å². The number of nitrogens with one attached hydrogen (secondary N) is 1. The third-order valence-corrected chi connectivity index (χ3v) is 5.13. The van der Waals surface area contributed by atoms with Gasteiger partial charge in [0, 0.05) is 37.1 Å². The molecular formula is C23H23FN2O2. The van der Waals surface area contributed by atoms with Crippen LogP contribution in [0.4, 0.5) is 10.1 Å². The van der Waals surface area contributed by atoms with E-state index in [2.05, 4.69) is 34.5 Å². The summed E-state index contributed by atoms with van der Waals surface area (Å²) in [6.07, 6.45) is 6.28.